The Kier molecular flexibility index (Phi) is 6.72. The molecule has 0 unspecified atom stereocenters. The van der Waals surface area contributed by atoms with E-state index in [-0.39, 0.29) is 24.4 Å². The molecule has 0 aliphatic heterocycles. The molecule has 3 rings (SSSR count). The van der Waals surface area contributed by atoms with Crippen LogP contribution in [0.5, 0.6) is 0 Å². The van der Waals surface area contributed by atoms with Gasteiger partial charge in [-0.3, -0.25) is 4.79 Å². The second kappa shape index (κ2) is 9.64. The number of carbonyl (C=O) groups is 1. The van der Waals surface area contributed by atoms with Gasteiger partial charge in [0.1, 0.15) is 18.5 Å². The van der Waals surface area contributed by atoms with E-state index >= 15 is 0 Å². The minimum atomic E-state index is -0.296. The van der Waals surface area contributed by atoms with Crippen molar-refractivity contribution in [3.63, 3.8) is 0 Å². The number of ether oxygens (including phenoxy) is 1. The number of nitrogens with one attached hydrogen (secondary N) is 1. The molecule has 0 bridgehead atoms. The average molecular weight is 363 g/mol. The molecule has 0 saturated carbocycles. The molecular formula is C23H22FNO2. The second-order valence-electron chi connectivity index (χ2n) is 6.24. The minimum absolute atomic E-state index is 0.0299. The summed E-state index contributed by atoms with van der Waals surface area (Å²) in [6.45, 7) is 0.451. The average Bonchev–Trinajstić information content (AvgIpc) is 2.71. The van der Waals surface area contributed by atoms with Crippen LogP contribution in [0.2, 0.25) is 0 Å². The van der Waals surface area contributed by atoms with Gasteiger partial charge < -0.3 is 10.1 Å². The van der Waals surface area contributed by atoms with Gasteiger partial charge in [-0.15, -0.1) is 0 Å². The molecule has 0 spiro atoms. The number of benzene rings is 3. The number of amides is 1. The topological polar surface area (TPSA) is 38.3 Å². The third-order valence-corrected chi connectivity index (χ3v) is 4.23. The van der Waals surface area contributed by atoms with Gasteiger partial charge in [-0.25, -0.2) is 4.39 Å². The van der Waals surface area contributed by atoms with Crippen molar-refractivity contribution in [3.05, 3.63) is 107 Å². The maximum absolute atomic E-state index is 12.9. The van der Waals surface area contributed by atoms with Gasteiger partial charge in [0.15, 0.2) is 0 Å². The highest BCUT2D eigenvalue weighted by atomic mass is 19.1. The first-order chi connectivity index (χ1) is 13.2. The van der Waals surface area contributed by atoms with E-state index in [1.54, 1.807) is 12.1 Å². The first kappa shape index (κ1) is 18.8. The summed E-state index contributed by atoms with van der Waals surface area (Å²) in [5.41, 5.74) is 2.98. The molecule has 1 amide bonds. The van der Waals surface area contributed by atoms with E-state index in [4.69, 9.17) is 4.74 Å². The Labute approximate surface area is 158 Å². The van der Waals surface area contributed by atoms with Crippen molar-refractivity contribution in [2.75, 3.05) is 13.2 Å². The zero-order valence-corrected chi connectivity index (χ0v) is 15.0. The Morgan fingerprint density at radius 3 is 1.96 bits per heavy atom. The molecule has 0 aliphatic rings. The smallest absolute Gasteiger partial charge is 0.246 e. The molecule has 4 heteroatoms. The Morgan fingerprint density at radius 2 is 1.41 bits per heavy atom. The first-order valence-electron chi connectivity index (χ1n) is 8.95. The van der Waals surface area contributed by atoms with Crippen molar-refractivity contribution < 1.29 is 13.9 Å². The molecule has 0 radical (unpaired) electrons. The van der Waals surface area contributed by atoms with E-state index in [1.807, 2.05) is 60.7 Å². The van der Waals surface area contributed by atoms with Crippen molar-refractivity contribution in [1.82, 2.24) is 5.32 Å². The van der Waals surface area contributed by atoms with E-state index in [1.165, 1.54) is 12.1 Å². The van der Waals surface area contributed by atoms with Crippen LogP contribution in [-0.2, 0) is 16.0 Å². The van der Waals surface area contributed by atoms with Gasteiger partial charge >= 0.3 is 0 Å². The van der Waals surface area contributed by atoms with Crippen molar-refractivity contribution in [2.45, 2.75) is 12.5 Å². The fraction of sp³-hybridized carbons (Fsp3) is 0.174. The van der Waals surface area contributed by atoms with Gasteiger partial charge in [0.2, 0.25) is 5.91 Å². The van der Waals surface area contributed by atoms with Crippen LogP contribution in [0.25, 0.3) is 0 Å². The third-order valence-electron chi connectivity index (χ3n) is 4.23. The van der Waals surface area contributed by atoms with Crippen LogP contribution in [0.3, 0.4) is 0 Å². The standard InChI is InChI=1S/C23H22FNO2/c24-21-13-11-18(12-14-21)15-16-25-22(26)17-27-23(19-7-3-1-4-8-19)20-9-5-2-6-10-20/h1-14,23H,15-17H2,(H,25,26). The van der Waals surface area contributed by atoms with Gasteiger partial charge in [-0.05, 0) is 35.2 Å². The summed E-state index contributed by atoms with van der Waals surface area (Å²) in [4.78, 5) is 12.2. The molecule has 1 N–H and O–H groups in total. The van der Waals surface area contributed by atoms with E-state index in [9.17, 15) is 9.18 Å². The van der Waals surface area contributed by atoms with E-state index in [0.29, 0.717) is 13.0 Å². The molecule has 0 aliphatic carbocycles. The van der Waals surface area contributed by atoms with Crippen molar-refractivity contribution in [1.29, 1.82) is 0 Å². The maximum atomic E-state index is 12.9. The Balaban J connectivity index is 1.54. The molecule has 0 heterocycles. The molecule has 27 heavy (non-hydrogen) atoms. The molecule has 0 aromatic heterocycles. The van der Waals surface area contributed by atoms with Crippen molar-refractivity contribution >= 4 is 5.91 Å². The lowest BCUT2D eigenvalue weighted by Crippen LogP contribution is -2.30. The molecule has 0 saturated heterocycles. The Morgan fingerprint density at radius 1 is 0.852 bits per heavy atom. The monoisotopic (exact) mass is 363 g/mol. The Hall–Kier alpha value is -2.98. The summed E-state index contributed by atoms with van der Waals surface area (Å²) in [5.74, 6) is -0.432. The van der Waals surface area contributed by atoms with Gasteiger partial charge in [0, 0.05) is 6.54 Å². The fourth-order valence-electron chi connectivity index (χ4n) is 2.85. The summed E-state index contributed by atoms with van der Waals surface area (Å²) in [6.07, 6.45) is 0.350. The van der Waals surface area contributed by atoms with Crippen molar-refractivity contribution in [3.8, 4) is 0 Å². The molecule has 3 aromatic rings. The largest absolute Gasteiger partial charge is 0.359 e. The predicted molar refractivity (Wildman–Crippen MR) is 104 cm³/mol. The normalized spacial score (nSPS) is 10.7. The summed E-state index contributed by atoms with van der Waals surface area (Å²) in [5, 5.41) is 2.85. The van der Waals surface area contributed by atoms with Crippen LogP contribution in [0, 0.1) is 5.82 Å². The van der Waals surface area contributed by atoms with E-state index in [0.717, 1.165) is 16.7 Å². The van der Waals surface area contributed by atoms with Crippen LogP contribution in [-0.4, -0.2) is 19.1 Å². The highest BCUT2D eigenvalue weighted by Crippen LogP contribution is 2.25. The van der Waals surface area contributed by atoms with E-state index in [2.05, 4.69) is 5.32 Å². The molecule has 0 fully saturated rings. The van der Waals surface area contributed by atoms with Crippen LogP contribution in [0.1, 0.15) is 22.8 Å². The van der Waals surface area contributed by atoms with Crippen LogP contribution >= 0.6 is 0 Å². The maximum Gasteiger partial charge on any atom is 0.246 e. The highest BCUT2D eigenvalue weighted by molar-refractivity contribution is 5.77. The summed E-state index contributed by atoms with van der Waals surface area (Å²) >= 11 is 0. The van der Waals surface area contributed by atoms with Gasteiger partial charge in [0.05, 0.1) is 0 Å². The number of hydrogen-bond acceptors (Lipinski definition) is 2. The highest BCUT2D eigenvalue weighted by Gasteiger charge is 2.16. The predicted octanol–water partition coefficient (Wildman–Crippen LogP) is 4.29. The molecule has 0 atom stereocenters. The first-order valence-corrected chi connectivity index (χ1v) is 8.95. The lowest BCUT2D eigenvalue weighted by molar-refractivity contribution is -0.127. The number of hydrogen-bond donors (Lipinski definition) is 1. The fourth-order valence-corrected chi connectivity index (χ4v) is 2.85. The number of rotatable bonds is 8. The quantitative estimate of drug-likeness (QED) is 0.648. The summed E-state index contributed by atoms with van der Waals surface area (Å²) in [6, 6.07) is 26.0. The van der Waals surface area contributed by atoms with Crippen LogP contribution in [0.4, 0.5) is 4.39 Å². The van der Waals surface area contributed by atoms with Gasteiger partial charge in [-0.2, -0.15) is 0 Å². The van der Waals surface area contributed by atoms with Crippen LogP contribution < -0.4 is 5.32 Å². The molecule has 3 aromatic carbocycles. The number of carbonyl (C=O) groups excluding carboxylic acids is 1. The Bertz CT molecular complexity index is 796. The zero-order valence-electron chi connectivity index (χ0n) is 15.0. The van der Waals surface area contributed by atoms with Crippen LogP contribution in [0.15, 0.2) is 84.9 Å². The van der Waals surface area contributed by atoms with Gasteiger partial charge in [-0.1, -0.05) is 72.8 Å². The summed E-state index contributed by atoms with van der Waals surface area (Å²) in [7, 11) is 0. The zero-order chi connectivity index (χ0) is 18.9. The molecular weight excluding hydrogens is 341 g/mol. The van der Waals surface area contributed by atoms with Gasteiger partial charge in [0.25, 0.3) is 0 Å². The second-order valence-corrected chi connectivity index (χ2v) is 6.24. The summed E-state index contributed by atoms with van der Waals surface area (Å²) < 4.78 is 18.8. The lowest BCUT2D eigenvalue weighted by Gasteiger charge is -2.18. The van der Waals surface area contributed by atoms with Crippen molar-refractivity contribution in [2.24, 2.45) is 0 Å². The third kappa shape index (κ3) is 5.76. The molecule has 138 valence electrons. The lowest BCUT2D eigenvalue weighted by atomic mass is 10.0. The minimum Gasteiger partial charge on any atom is -0.359 e. The SMILES string of the molecule is O=C(COC(c1ccccc1)c1ccccc1)NCCc1ccc(F)cc1. The number of halogens is 1. The molecule has 3 nitrogen and oxygen atoms in total. The van der Waals surface area contributed by atoms with E-state index < -0.39 is 0 Å².